The van der Waals surface area contributed by atoms with Crippen LogP contribution in [0.5, 0.6) is 0 Å². The highest BCUT2D eigenvalue weighted by atomic mass is 32.2. The van der Waals surface area contributed by atoms with E-state index in [1.54, 1.807) is 0 Å². The van der Waals surface area contributed by atoms with Crippen LogP contribution in [0.15, 0.2) is 0 Å². The Morgan fingerprint density at radius 1 is 0.800 bits per heavy atom. The van der Waals surface area contributed by atoms with Gasteiger partial charge in [-0.1, -0.05) is 25.7 Å². The Bertz CT molecular complexity index is 202. The first-order chi connectivity index (χ1) is 7.34. The lowest BCUT2D eigenvalue weighted by Crippen LogP contribution is -2.41. The molecule has 0 atom stereocenters. The topological polar surface area (TPSA) is 29.1 Å². The normalized spacial score (nSPS) is 34.9. The molecule has 0 aromatic carbocycles. The molecule has 1 heterocycles. The maximum Gasteiger partial charge on any atom is 0.0249 e. The van der Waals surface area contributed by atoms with Crippen LogP contribution >= 0.6 is 0 Å². The molecule has 1 saturated heterocycles. The quantitative estimate of drug-likeness (QED) is 0.736. The molecule has 0 amide bonds. The van der Waals surface area contributed by atoms with Gasteiger partial charge < -0.3 is 5.32 Å². The Morgan fingerprint density at radius 2 is 1.33 bits per heavy atom. The largest absolute Gasteiger partial charge is 0.311 e. The number of nitrogens with one attached hydrogen (secondary N) is 1. The van der Waals surface area contributed by atoms with Gasteiger partial charge in [-0.25, -0.2) is 0 Å². The molecule has 1 aliphatic heterocycles. The molecular formula is C12H23NOS. The average molecular weight is 229 g/mol. The summed E-state index contributed by atoms with van der Waals surface area (Å²) in [6.45, 7) is 0. The Labute approximate surface area is 95.7 Å². The van der Waals surface area contributed by atoms with Gasteiger partial charge in [0, 0.05) is 34.4 Å². The van der Waals surface area contributed by atoms with Gasteiger partial charge in [-0.3, -0.25) is 4.21 Å². The van der Waals surface area contributed by atoms with E-state index in [0.29, 0.717) is 6.04 Å². The highest BCUT2D eigenvalue weighted by Gasteiger charge is 2.21. The van der Waals surface area contributed by atoms with Crippen LogP contribution in [0.2, 0.25) is 0 Å². The van der Waals surface area contributed by atoms with Crippen molar-refractivity contribution < 1.29 is 4.21 Å². The zero-order valence-corrected chi connectivity index (χ0v) is 10.4. The fraction of sp³-hybridized carbons (Fsp3) is 1.00. The first kappa shape index (κ1) is 11.6. The summed E-state index contributed by atoms with van der Waals surface area (Å²) < 4.78 is 11.2. The molecule has 2 nitrogen and oxygen atoms in total. The Kier molecular flexibility index (Phi) is 4.63. The van der Waals surface area contributed by atoms with Crippen molar-refractivity contribution in [2.75, 3.05) is 11.5 Å². The van der Waals surface area contributed by atoms with Crippen LogP contribution in [0, 0.1) is 0 Å². The van der Waals surface area contributed by atoms with Crippen molar-refractivity contribution in [3.05, 3.63) is 0 Å². The van der Waals surface area contributed by atoms with Crippen molar-refractivity contribution in [2.45, 2.75) is 63.5 Å². The molecular weight excluding hydrogens is 206 g/mol. The minimum atomic E-state index is -0.511. The lowest BCUT2D eigenvalue weighted by atomic mass is 10.1. The highest BCUT2D eigenvalue weighted by Crippen LogP contribution is 2.19. The Morgan fingerprint density at radius 3 is 1.93 bits per heavy atom. The number of rotatable bonds is 2. The summed E-state index contributed by atoms with van der Waals surface area (Å²) >= 11 is 0. The molecule has 0 spiro atoms. The predicted molar refractivity (Wildman–Crippen MR) is 65.5 cm³/mol. The molecule has 1 saturated carbocycles. The summed E-state index contributed by atoms with van der Waals surface area (Å²) in [7, 11) is -0.511. The van der Waals surface area contributed by atoms with Gasteiger partial charge in [0.05, 0.1) is 0 Å². The molecule has 88 valence electrons. The maximum absolute atomic E-state index is 11.2. The fourth-order valence-electron chi connectivity index (χ4n) is 2.74. The second-order valence-electron chi connectivity index (χ2n) is 4.98. The summed E-state index contributed by atoms with van der Waals surface area (Å²) in [6.07, 6.45) is 10.6. The van der Waals surface area contributed by atoms with Gasteiger partial charge in [-0.15, -0.1) is 0 Å². The third-order valence-corrected chi connectivity index (χ3v) is 5.10. The van der Waals surface area contributed by atoms with E-state index in [-0.39, 0.29) is 0 Å². The molecule has 0 aromatic heterocycles. The predicted octanol–water partition coefficient (Wildman–Crippen LogP) is 2.21. The average Bonchev–Trinajstić information content (AvgIpc) is 2.50. The van der Waals surface area contributed by atoms with Crippen molar-refractivity contribution in [1.29, 1.82) is 0 Å². The van der Waals surface area contributed by atoms with Gasteiger partial charge in [0.2, 0.25) is 0 Å². The first-order valence-corrected chi connectivity index (χ1v) is 7.94. The molecule has 0 unspecified atom stereocenters. The molecule has 0 bridgehead atoms. The van der Waals surface area contributed by atoms with Crippen LogP contribution in [-0.4, -0.2) is 27.8 Å². The number of hydrogen-bond donors (Lipinski definition) is 1. The zero-order valence-electron chi connectivity index (χ0n) is 9.54. The Balaban J connectivity index is 1.73. The zero-order chi connectivity index (χ0) is 10.5. The van der Waals surface area contributed by atoms with E-state index < -0.39 is 10.8 Å². The van der Waals surface area contributed by atoms with E-state index in [4.69, 9.17) is 0 Å². The van der Waals surface area contributed by atoms with Crippen LogP contribution in [0.25, 0.3) is 0 Å². The van der Waals surface area contributed by atoms with Crippen molar-refractivity contribution in [3.8, 4) is 0 Å². The molecule has 2 rings (SSSR count). The lowest BCUT2D eigenvalue weighted by molar-refractivity contribution is 0.375. The second-order valence-corrected chi connectivity index (χ2v) is 6.67. The van der Waals surface area contributed by atoms with Crippen LogP contribution in [0.1, 0.15) is 51.4 Å². The van der Waals surface area contributed by atoms with Crippen LogP contribution in [0.4, 0.5) is 0 Å². The monoisotopic (exact) mass is 229 g/mol. The second kappa shape index (κ2) is 6.00. The minimum Gasteiger partial charge on any atom is -0.311 e. The van der Waals surface area contributed by atoms with Crippen molar-refractivity contribution >= 4 is 10.8 Å². The van der Waals surface area contributed by atoms with Crippen LogP contribution < -0.4 is 5.32 Å². The van der Waals surface area contributed by atoms with E-state index >= 15 is 0 Å². The summed E-state index contributed by atoms with van der Waals surface area (Å²) in [5.74, 6) is 1.84. The third kappa shape index (κ3) is 3.87. The molecule has 2 fully saturated rings. The maximum atomic E-state index is 11.2. The SMILES string of the molecule is O=S1CCC(NC2CCCCCC2)CC1. The highest BCUT2D eigenvalue weighted by molar-refractivity contribution is 7.85. The van der Waals surface area contributed by atoms with E-state index in [2.05, 4.69) is 5.32 Å². The molecule has 1 N–H and O–H groups in total. The summed E-state index contributed by atoms with van der Waals surface area (Å²) in [4.78, 5) is 0. The lowest BCUT2D eigenvalue weighted by Gasteiger charge is -2.27. The van der Waals surface area contributed by atoms with Crippen LogP contribution in [0.3, 0.4) is 0 Å². The molecule has 1 aliphatic carbocycles. The molecule has 2 aliphatic rings. The van der Waals surface area contributed by atoms with Crippen molar-refractivity contribution in [3.63, 3.8) is 0 Å². The van der Waals surface area contributed by atoms with Gasteiger partial charge in [0.25, 0.3) is 0 Å². The van der Waals surface area contributed by atoms with Gasteiger partial charge in [0.15, 0.2) is 0 Å². The van der Waals surface area contributed by atoms with Gasteiger partial charge in [-0.05, 0) is 25.7 Å². The smallest absolute Gasteiger partial charge is 0.0249 e. The van der Waals surface area contributed by atoms with Crippen molar-refractivity contribution in [2.24, 2.45) is 0 Å². The number of hydrogen-bond acceptors (Lipinski definition) is 2. The standard InChI is InChI=1S/C12H23NOS/c14-15-9-7-12(8-10-15)13-11-5-3-1-2-4-6-11/h11-13H,1-10H2. The molecule has 3 heteroatoms. The van der Waals surface area contributed by atoms with Gasteiger partial charge in [0.1, 0.15) is 0 Å². The molecule has 15 heavy (non-hydrogen) atoms. The fourth-order valence-corrected chi connectivity index (χ4v) is 4.04. The van der Waals surface area contributed by atoms with Crippen molar-refractivity contribution in [1.82, 2.24) is 5.32 Å². The van der Waals surface area contributed by atoms with E-state index in [1.165, 1.54) is 38.5 Å². The van der Waals surface area contributed by atoms with Gasteiger partial charge >= 0.3 is 0 Å². The summed E-state index contributed by atoms with van der Waals surface area (Å²) in [5, 5.41) is 3.78. The van der Waals surface area contributed by atoms with E-state index in [1.807, 2.05) is 0 Å². The Hall–Kier alpha value is 0.110. The van der Waals surface area contributed by atoms with Crippen LogP contribution in [-0.2, 0) is 10.8 Å². The van der Waals surface area contributed by atoms with E-state index in [0.717, 1.165) is 30.4 Å². The summed E-state index contributed by atoms with van der Waals surface area (Å²) in [5.41, 5.74) is 0. The first-order valence-electron chi connectivity index (χ1n) is 6.45. The summed E-state index contributed by atoms with van der Waals surface area (Å²) in [6, 6.07) is 1.41. The van der Waals surface area contributed by atoms with E-state index in [9.17, 15) is 4.21 Å². The molecule has 0 radical (unpaired) electrons. The van der Waals surface area contributed by atoms with Gasteiger partial charge in [-0.2, -0.15) is 0 Å². The molecule has 0 aromatic rings. The third-order valence-electron chi connectivity index (χ3n) is 3.71. The minimum absolute atomic E-state index is 0.511.